The van der Waals surface area contributed by atoms with Crippen molar-refractivity contribution in [1.29, 1.82) is 0 Å². The number of alkyl halides is 3. The number of para-hydroxylation sites is 2. The number of hydrogen-bond donors (Lipinski definition) is 1. The van der Waals surface area contributed by atoms with Gasteiger partial charge in [-0.3, -0.25) is 0 Å². The van der Waals surface area contributed by atoms with Crippen LogP contribution in [-0.2, 0) is 28.5 Å². The highest BCUT2D eigenvalue weighted by Crippen LogP contribution is 2.53. The molecule has 0 aromatic heterocycles. The first-order valence-corrected chi connectivity index (χ1v) is 13.5. The summed E-state index contributed by atoms with van der Waals surface area (Å²) in [5, 5.41) is 2.57. The zero-order valence-corrected chi connectivity index (χ0v) is 21.5. The van der Waals surface area contributed by atoms with Gasteiger partial charge in [-0.2, -0.15) is 13.2 Å². The fourth-order valence-electron chi connectivity index (χ4n) is 3.60. The Balaban J connectivity index is 1.64. The summed E-state index contributed by atoms with van der Waals surface area (Å²) in [5.74, 6) is -0.889. The van der Waals surface area contributed by atoms with Gasteiger partial charge in [-0.1, -0.05) is 78.9 Å². The van der Waals surface area contributed by atoms with Crippen LogP contribution in [0.4, 0.5) is 18.0 Å². The minimum atomic E-state index is -4.51. The van der Waals surface area contributed by atoms with Crippen LogP contribution in [-0.4, -0.2) is 11.9 Å². The van der Waals surface area contributed by atoms with Crippen molar-refractivity contribution in [3.63, 3.8) is 0 Å². The number of nitrogens with one attached hydrogen (secondary N) is 1. The van der Waals surface area contributed by atoms with E-state index in [0.29, 0.717) is 5.56 Å². The predicted octanol–water partition coefficient (Wildman–Crippen LogP) is 7.85. The Hall–Kier alpha value is -4.23. The quantitative estimate of drug-likeness (QED) is 0.202. The Morgan fingerprint density at radius 2 is 1.21 bits per heavy atom. The number of carbonyl (C=O) groups is 1. The molecular weight excluding hydrogens is 530 g/mol. The largest absolute Gasteiger partial charge is 0.453 e. The summed E-state index contributed by atoms with van der Waals surface area (Å²) < 4.78 is 70.7. The summed E-state index contributed by atoms with van der Waals surface area (Å²) in [6.07, 6.45) is -5.58. The van der Waals surface area contributed by atoms with Crippen molar-refractivity contribution in [1.82, 2.24) is 5.32 Å². The number of ether oxygens (including phenoxy) is 1. The van der Waals surface area contributed by atoms with E-state index in [9.17, 15) is 22.5 Å². The number of alkyl carbamates (subject to hydrolysis) is 1. The molecule has 1 unspecified atom stereocenters. The van der Waals surface area contributed by atoms with E-state index in [1.807, 2.05) is 6.07 Å². The third-order valence-corrected chi connectivity index (χ3v) is 7.55. The van der Waals surface area contributed by atoms with Gasteiger partial charge in [0.2, 0.25) is 0 Å². The first-order valence-electron chi connectivity index (χ1n) is 11.9. The molecule has 0 bridgehead atoms. The number of benzene rings is 4. The van der Waals surface area contributed by atoms with Gasteiger partial charge in [-0.05, 0) is 47.5 Å². The lowest BCUT2D eigenvalue weighted by molar-refractivity contribution is -0.137. The second-order valence-corrected chi connectivity index (χ2v) is 10.5. The van der Waals surface area contributed by atoms with Crippen LogP contribution in [0.2, 0.25) is 0 Å². The SMILES string of the molecule is O=C(NC(Cc1ccc(C(F)(F)F)cc1)P(=O)(Oc1ccccc1)Oc1ccccc1)OCc1ccccc1. The molecule has 0 aliphatic heterocycles. The van der Waals surface area contributed by atoms with Crippen LogP contribution in [0.3, 0.4) is 0 Å². The first-order chi connectivity index (χ1) is 18.7. The number of rotatable bonds is 10. The lowest BCUT2D eigenvalue weighted by Gasteiger charge is -2.28. The van der Waals surface area contributed by atoms with Crippen LogP contribution in [0.5, 0.6) is 11.5 Å². The van der Waals surface area contributed by atoms with Gasteiger partial charge in [0.05, 0.1) is 5.56 Å². The van der Waals surface area contributed by atoms with Crippen LogP contribution in [0, 0.1) is 0 Å². The molecule has 0 spiro atoms. The van der Waals surface area contributed by atoms with Gasteiger partial charge in [0, 0.05) is 6.42 Å². The highest BCUT2D eigenvalue weighted by atomic mass is 31.2. The fraction of sp³-hybridized carbons (Fsp3) is 0.138. The highest BCUT2D eigenvalue weighted by Gasteiger charge is 2.41. The molecular formula is C29H25F3NO5P. The van der Waals surface area contributed by atoms with Crippen LogP contribution in [0.1, 0.15) is 16.7 Å². The van der Waals surface area contributed by atoms with Gasteiger partial charge in [-0.25, -0.2) is 9.36 Å². The van der Waals surface area contributed by atoms with E-state index in [1.165, 1.54) is 12.1 Å². The summed E-state index contributed by atoms with van der Waals surface area (Å²) in [6, 6.07) is 29.8. The zero-order chi connectivity index (χ0) is 27.7. The van der Waals surface area contributed by atoms with Crippen molar-refractivity contribution in [2.45, 2.75) is 25.0 Å². The van der Waals surface area contributed by atoms with Gasteiger partial charge >= 0.3 is 19.9 Å². The van der Waals surface area contributed by atoms with E-state index in [-0.39, 0.29) is 24.5 Å². The van der Waals surface area contributed by atoms with E-state index < -0.39 is 31.2 Å². The maximum Gasteiger partial charge on any atom is 0.453 e. The molecule has 0 heterocycles. The molecule has 0 aliphatic rings. The van der Waals surface area contributed by atoms with Gasteiger partial charge in [0.15, 0.2) is 5.78 Å². The molecule has 202 valence electrons. The van der Waals surface area contributed by atoms with Crippen LogP contribution >= 0.6 is 7.60 Å². The van der Waals surface area contributed by atoms with Crippen molar-refractivity contribution in [2.75, 3.05) is 0 Å². The monoisotopic (exact) mass is 555 g/mol. The van der Waals surface area contributed by atoms with E-state index in [0.717, 1.165) is 17.7 Å². The second kappa shape index (κ2) is 12.5. The van der Waals surface area contributed by atoms with E-state index in [4.69, 9.17) is 13.8 Å². The topological polar surface area (TPSA) is 73.9 Å². The summed E-state index contributed by atoms with van der Waals surface area (Å²) in [4.78, 5) is 12.8. The third-order valence-electron chi connectivity index (χ3n) is 5.54. The van der Waals surface area contributed by atoms with Gasteiger partial charge < -0.3 is 19.1 Å². The summed E-state index contributed by atoms with van der Waals surface area (Å²) in [7, 11) is -4.27. The van der Waals surface area contributed by atoms with Crippen molar-refractivity contribution in [3.05, 3.63) is 132 Å². The van der Waals surface area contributed by atoms with E-state index in [2.05, 4.69) is 5.32 Å². The molecule has 6 nitrogen and oxygen atoms in total. The number of amides is 1. The molecule has 4 aromatic rings. The molecule has 0 saturated carbocycles. The zero-order valence-electron chi connectivity index (χ0n) is 20.6. The molecule has 4 rings (SSSR count). The summed E-state index contributed by atoms with van der Waals surface area (Å²) in [6.45, 7) is -0.0525. The van der Waals surface area contributed by atoms with Crippen LogP contribution in [0.25, 0.3) is 0 Å². The maximum absolute atomic E-state index is 14.4. The number of carbonyl (C=O) groups excluding carboxylic acids is 1. The molecule has 4 aromatic carbocycles. The molecule has 0 fully saturated rings. The third kappa shape index (κ3) is 8.12. The van der Waals surface area contributed by atoms with Crippen LogP contribution in [0.15, 0.2) is 115 Å². The number of halogens is 3. The average molecular weight is 555 g/mol. The lowest BCUT2D eigenvalue weighted by atomic mass is 10.1. The van der Waals surface area contributed by atoms with Crippen molar-refractivity contribution >= 4 is 13.7 Å². The molecule has 39 heavy (non-hydrogen) atoms. The lowest BCUT2D eigenvalue weighted by Crippen LogP contribution is -2.39. The molecule has 1 amide bonds. The Kier molecular flexibility index (Phi) is 8.94. The Morgan fingerprint density at radius 3 is 1.69 bits per heavy atom. The predicted molar refractivity (Wildman–Crippen MR) is 140 cm³/mol. The normalized spacial score (nSPS) is 12.3. The summed E-state index contributed by atoms with van der Waals surface area (Å²) in [5.41, 5.74) is 0.267. The summed E-state index contributed by atoms with van der Waals surface area (Å²) >= 11 is 0. The second-order valence-electron chi connectivity index (χ2n) is 8.47. The van der Waals surface area contributed by atoms with E-state index >= 15 is 0 Å². The molecule has 0 saturated heterocycles. The minimum absolute atomic E-state index is 0.0525. The average Bonchev–Trinajstić information content (AvgIpc) is 2.93. The highest BCUT2D eigenvalue weighted by molar-refractivity contribution is 7.55. The van der Waals surface area contributed by atoms with Crippen LogP contribution < -0.4 is 14.4 Å². The molecule has 10 heteroatoms. The Labute approximate surface area is 223 Å². The molecule has 0 aliphatic carbocycles. The molecule has 1 atom stereocenters. The van der Waals surface area contributed by atoms with Gasteiger partial charge in [0.1, 0.15) is 18.1 Å². The van der Waals surface area contributed by atoms with Crippen molar-refractivity contribution in [3.8, 4) is 11.5 Å². The smallest absolute Gasteiger partial charge is 0.445 e. The fourth-order valence-corrected chi connectivity index (χ4v) is 5.42. The standard InChI is InChI=1S/C29H25F3NO5P/c30-29(31,32)24-18-16-22(17-19-24)20-27(33-28(34)36-21-23-10-4-1-5-11-23)39(35,37-25-12-6-2-7-13-25)38-26-14-8-3-9-15-26/h1-19,27H,20-21H2,(H,33,34). The molecule has 1 N–H and O–H groups in total. The van der Waals surface area contributed by atoms with Crippen molar-refractivity contribution < 1.29 is 36.3 Å². The van der Waals surface area contributed by atoms with Crippen molar-refractivity contribution in [2.24, 2.45) is 0 Å². The van der Waals surface area contributed by atoms with Gasteiger partial charge in [-0.15, -0.1) is 0 Å². The Morgan fingerprint density at radius 1 is 0.718 bits per heavy atom. The van der Waals surface area contributed by atoms with E-state index in [1.54, 1.807) is 84.9 Å². The molecule has 0 radical (unpaired) electrons. The minimum Gasteiger partial charge on any atom is -0.445 e. The maximum atomic E-state index is 14.4. The van der Waals surface area contributed by atoms with Gasteiger partial charge in [0.25, 0.3) is 0 Å². The number of hydrogen-bond acceptors (Lipinski definition) is 5. The Bertz CT molecular complexity index is 1340. The first kappa shape index (κ1) is 27.8.